The molecule has 4 aromatic rings. The predicted octanol–water partition coefficient (Wildman–Crippen LogP) is 5.21. The van der Waals surface area contributed by atoms with Crippen molar-refractivity contribution in [2.45, 2.75) is 6.92 Å². The van der Waals surface area contributed by atoms with Crippen molar-refractivity contribution in [3.05, 3.63) is 66.5 Å². The first kappa shape index (κ1) is 14.3. The maximum Gasteiger partial charge on any atom is 0.141 e. The van der Waals surface area contributed by atoms with Crippen LogP contribution >= 0.6 is 0 Å². The van der Waals surface area contributed by atoms with Crippen molar-refractivity contribution in [1.82, 2.24) is 9.97 Å². The number of fused-ring (bicyclic) bond motifs is 2. The van der Waals surface area contributed by atoms with Crippen LogP contribution in [0.5, 0.6) is 5.75 Å². The average molecular weight is 314 g/mol. The van der Waals surface area contributed by atoms with Gasteiger partial charge in [0.1, 0.15) is 11.3 Å². The van der Waals surface area contributed by atoms with Gasteiger partial charge >= 0.3 is 0 Å². The van der Waals surface area contributed by atoms with E-state index >= 15 is 0 Å². The van der Waals surface area contributed by atoms with Crippen LogP contribution in [0.4, 0.5) is 11.4 Å². The SMILES string of the molecule is Cc1cc(N=Nc2ccc(O)c3ncccc23)c2ccccc2n1. The summed E-state index contributed by atoms with van der Waals surface area (Å²) in [5, 5.41) is 20.4. The van der Waals surface area contributed by atoms with Gasteiger partial charge in [-0.25, -0.2) is 0 Å². The van der Waals surface area contributed by atoms with Gasteiger partial charge in [0.05, 0.1) is 16.9 Å². The summed E-state index contributed by atoms with van der Waals surface area (Å²) in [6.07, 6.45) is 1.64. The Hall–Kier alpha value is -3.34. The van der Waals surface area contributed by atoms with Crippen molar-refractivity contribution >= 4 is 33.2 Å². The molecule has 0 aliphatic rings. The highest BCUT2D eigenvalue weighted by atomic mass is 16.3. The number of aryl methyl sites for hydroxylation is 1. The minimum atomic E-state index is 0.134. The number of phenolic OH excluding ortho intramolecular Hbond substituents is 1. The number of benzene rings is 2. The van der Waals surface area contributed by atoms with Crippen LogP contribution in [0.1, 0.15) is 5.69 Å². The minimum Gasteiger partial charge on any atom is -0.506 e. The summed E-state index contributed by atoms with van der Waals surface area (Å²) in [4.78, 5) is 8.71. The van der Waals surface area contributed by atoms with E-state index in [1.54, 1.807) is 18.3 Å². The smallest absolute Gasteiger partial charge is 0.141 e. The lowest BCUT2D eigenvalue weighted by Gasteiger charge is -2.04. The van der Waals surface area contributed by atoms with E-state index in [0.29, 0.717) is 11.2 Å². The largest absolute Gasteiger partial charge is 0.506 e. The van der Waals surface area contributed by atoms with Crippen molar-refractivity contribution in [2.24, 2.45) is 10.2 Å². The number of hydrogen-bond acceptors (Lipinski definition) is 5. The Kier molecular flexibility index (Phi) is 3.39. The molecule has 0 bridgehead atoms. The minimum absolute atomic E-state index is 0.134. The van der Waals surface area contributed by atoms with Gasteiger partial charge in [0, 0.05) is 22.7 Å². The zero-order valence-electron chi connectivity index (χ0n) is 13.0. The van der Waals surface area contributed by atoms with Gasteiger partial charge in [-0.2, -0.15) is 0 Å². The predicted molar refractivity (Wildman–Crippen MR) is 94.1 cm³/mol. The first-order chi connectivity index (χ1) is 11.7. The fourth-order valence-electron chi connectivity index (χ4n) is 2.71. The summed E-state index contributed by atoms with van der Waals surface area (Å²) in [6.45, 7) is 1.94. The summed E-state index contributed by atoms with van der Waals surface area (Å²) in [6, 6.07) is 16.8. The molecule has 116 valence electrons. The van der Waals surface area contributed by atoms with Crippen molar-refractivity contribution in [3.8, 4) is 5.75 Å². The second-order valence-electron chi connectivity index (χ2n) is 5.50. The number of rotatable bonds is 2. The Morgan fingerprint density at radius 3 is 2.58 bits per heavy atom. The number of para-hydroxylation sites is 1. The number of phenols is 1. The molecule has 0 amide bonds. The van der Waals surface area contributed by atoms with E-state index in [4.69, 9.17) is 0 Å². The quantitative estimate of drug-likeness (QED) is 0.516. The van der Waals surface area contributed by atoms with E-state index in [2.05, 4.69) is 20.2 Å². The Labute approximate surface area is 138 Å². The average Bonchev–Trinajstić information content (AvgIpc) is 2.61. The second-order valence-corrected chi connectivity index (χ2v) is 5.50. The molecule has 1 N–H and O–H groups in total. The summed E-state index contributed by atoms with van der Waals surface area (Å²) in [5.74, 6) is 0.134. The van der Waals surface area contributed by atoms with Gasteiger partial charge in [-0.15, -0.1) is 10.2 Å². The summed E-state index contributed by atoms with van der Waals surface area (Å²) >= 11 is 0. The second kappa shape index (κ2) is 5.70. The van der Waals surface area contributed by atoms with Crippen LogP contribution in [0.3, 0.4) is 0 Å². The monoisotopic (exact) mass is 314 g/mol. The molecule has 0 radical (unpaired) electrons. The first-order valence-electron chi connectivity index (χ1n) is 7.57. The van der Waals surface area contributed by atoms with E-state index in [0.717, 1.165) is 27.7 Å². The van der Waals surface area contributed by atoms with E-state index < -0.39 is 0 Å². The molecule has 0 saturated carbocycles. The van der Waals surface area contributed by atoms with E-state index in [9.17, 15) is 5.11 Å². The molecule has 2 heterocycles. The Bertz CT molecular complexity index is 1090. The van der Waals surface area contributed by atoms with Gasteiger partial charge in [0.2, 0.25) is 0 Å². The molecule has 0 aliphatic heterocycles. The van der Waals surface area contributed by atoms with Crippen LogP contribution in [-0.2, 0) is 0 Å². The zero-order chi connectivity index (χ0) is 16.5. The molecule has 2 aromatic heterocycles. The molecule has 24 heavy (non-hydrogen) atoms. The van der Waals surface area contributed by atoms with Crippen LogP contribution in [0.2, 0.25) is 0 Å². The van der Waals surface area contributed by atoms with Crippen molar-refractivity contribution in [2.75, 3.05) is 0 Å². The van der Waals surface area contributed by atoms with Crippen molar-refractivity contribution < 1.29 is 5.11 Å². The molecule has 0 aliphatic carbocycles. The fourth-order valence-corrected chi connectivity index (χ4v) is 2.71. The van der Waals surface area contributed by atoms with Gasteiger partial charge in [-0.05, 0) is 43.3 Å². The first-order valence-corrected chi connectivity index (χ1v) is 7.57. The van der Waals surface area contributed by atoms with Gasteiger partial charge < -0.3 is 5.11 Å². The Morgan fingerprint density at radius 1 is 0.875 bits per heavy atom. The Balaban J connectivity index is 1.86. The lowest BCUT2D eigenvalue weighted by atomic mass is 10.1. The summed E-state index contributed by atoms with van der Waals surface area (Å²) in [5.41, 5.74) is 3.73. The number of aromatic hydroxyl groups is 1. The molecule has 0 fully saturated rings. The normalized spacial score (nSPS) is 11.5. The highest BCUT2D eigenvalue weighted by Crippen LogP contribution is 2.33. The lowest BCUT2D eigenvalue weighted by molar-refractivity contribution is 0.480. The third-order valence-electron chi connectivity index (χ3n) is 3.81. The molecular formula is C19H14N4O. The molecule has 5 heteroatoms. The standard InChI is InChI=1S/C19H14N4O/c1-12-11-17(13-5-2-3-7-15(13)21-12)23-22-16-8-9-18(24)19-14(16)6-4-10-20-19/h2-11,24H,1H3. The van der Waals surface area contributed by atoms with Crippen LogP contribution in [0.15, 0.2) is 71.0 Å². The molecule has 2 aromatic carbocycles. The van der Waals surface area contributed by atoms with Gasteiger partial charge in [-0.3, -0.25) is 9.97 Å². The summed E-state index contributed by atoms with van der Waals surface area (Å²) < 4.78 is 0. The van der Waals surface area contributed by atoms with E-state index in [-0.39, 0.29) is 5.75 Å². The highest BCUT2D eigenvalue weighted by molar-refractivity contribution is 5.94. The number of nitrogens with zero attached hydrogens (tertiary/aromatic N) is 4. The third kappa shape index (κ3) is 2.46. The van der Waals surface area contributed by atoms with Gasteiger partial charge in [0.15, 0.2) is 0 Å². The van der Waals surface area contributed by atoms with E-state index in [1.807, 2.05) is 49.4 Å². The van der Waals surface area contributed by atoms with E-state index in [1.165, 1.54) is 0 Å². The molecule has 5 nitrogen and oxygen atoms in total. The van der Waals surface area contributed by atoms with Crippen LogP contribution < -0.4 is 0 Å². The maximum absolute atomic E-state index is 9.92. The number of azo groups is 1. The molecule has 0 spiro atoms. The Morgan fingerprint density at radius 2 is 1.67 bits per heavy atom. The third-order valence-corrected chi connectivity index (χ3v) is 3.81. The fraction of sp³-hybridized carbons (Fsp3) is 0.0526. The zero-order valence-corrected chi connectivity index (χ0v) is 13.0. The van der Waals surface area contributed by atoms with Crippen LogP contribution in [0, 0.1) is 6.92 Å². The van der Waals surface area contributed by atoms with Gasteiger partial charge in [0.25, 0.3) is 0 Å². The number of hydrogen-bond donors (Lipinski definition) is 1. The van der Waals surface area contributed by atoms with Crippen molar-refractivity contribution in [1.29, 1.82) is 0 Å². The maximum atomic E-state index is 9.92. The van der Waals surface area contributed by atoms with Crippen LogP contribution in [0.25, 0.3) is 21.8 Å². The summed E-state index contributed by atoms with van der Waals surface area (Å²) in [7, 11) is 0. The molecule has 0 atom stereocenters. The molecule has 4 rings (SSSR count). The topological polar surface area (TPSA) is 70.7 Å². The van der Waals surface area contributed by atoms with Crippen molar-refractivity contribution in [3.63, 3.8) is 0 Å². The van der Waals surface area contributed by atoms with Gasteiger partial charge in [-0.1, -0.05) is 18.2 Å². The van der Waals surface area contributed by atoms with Crippen LogP contribution in [-0.4, -0.2) is 15.1 Å². The molecular weight excluding hydrogens is 300 g/mol. The molecule has 0 saturated heterocycles. The number of aromatic nitrogens is 2. The number of pyridine rings is 2. The lowest BCUT2D eigenvalue weighted by Crippen LogP contribution is -1.83. The molecule has 0 unspecified atom stereocenters. The highest BCUT2D eigenvalue weighted by Gasteiger charge is 2.06.